The molecule has 0 saturated heterocycles. The highest BCUT2D eigenvalue weighted by molar-refractivity contribution is 7.91. The first-order valence-electron chi connectivity index (χ1n) is 5.43. The van der Waals surface area contributed by atoms with Crippen molar-refractivity contribution in [2.45, 2.75) is 24.5 Å². The van der Waals surface area contributed by atoms with Crippen LogP contribution < -0.4 is 4.72 Å². The molecule has 1 aromatic heterocycles. The standard InChI is InChI=1S/C10H16N2O4S2/c1-4-7(2)5-12-18(14,15)10-8(9(13)16-3)11-6-17-10/h6-7,12H,4-5H2,1-3H3. The summed E-state index contributed by atoms with van der Waals surface area (Å²) in [5.74, 6) is -0.519. The molecule has 0 aliphatic rings. The molecule has 0 amide bonds. The predicted molar refractivity (Wildman–Crippen MR) is 68.1 cm³/mol. The Morgan fingerprint density at radius 2 is 2.28 bits per heavy atom. The van der Waals surface area contributed by atoms with Crippen LogP contribution >= 0.6 is 11.3 Å². The van der Waals surface area contributed by atoms with E-state index >= 15 is 0 Å². The molecule has 0 aliphatic heterocycles. The molecule has 0 saturated carbocycles. The van der Waals surface area contributed by atoms with Crippen LogP contribution in [0.3, 0.4) is 0 Å². The van der Waals surface area contributed by atoms with E-state index in [9.17, 15) is 13.2 Å². The normalized spacial score (nSPS) is 13.3. The number of esters is 1. The fourth-order valence-corrected chi connectivity index (χ4v) is 3.46. The van der Waals surface area contributed by atoms with Gasteiger partial charge in [0.25, 0.3) is 10.0 Å². The van der Waals surface area contributed by atoms with Gasteiger partial charge in [0, 0.05) is 6.54 Å². The van der Waals surface area contributed by atoms with Crippen molar-refractivity contribution < 1.29 is 17.9 Å². The third kappa shape index (κ3) is 3.50. The van der Waals surface area contributed by atoms with Crippen LogP contribution in [-0.4, -0.2) is 33.0 Å². The molecular weight excluding hydrogens is 276 g/mol. The first-order valence-corrected chi connectivity index (χ1v) is 7.80. The van der Waals surface area contributed by atoms with Gasteiger partial charge in [-0.25, -0.2) is 22.9 Å². The number of carbonyl (C=O) groups excluding carboxylic acids is 1. The van der Waals surface area contributed by atoms with Gasteiger partial charge in [-0.15, -0.1) is 11.3 Å². The lowest BCUT2D eigenvalue weighted by molar-refractivity contribution is 0.0590. The summed E-state index contributed by atoms with van der Waals surface area (Å²) >= 11 is 0.897. The summed E-state index contributed by atoms with van der Waals surface area (Å²) in [6.07, 6.45) is 0.870. The second kappa shape index (κ2) is 6.26. The average Bonchev–Trinajstić information content (AvgIpc) is 2.85. The summed E-state index contributed by atoms with van der Waals surface area (Å²) < 4.78 is 30.9. The number of hydrogen-bond donors (Lipinski definition) is 1. The minimum atomic E-state index is -3.70. The van der Waals surface area contributed by atoms with Gasteiger partial charge in [-0.3, -0.25) is 0 Å². The number of methoxy groups -OCH3 is 1. The second-order valence-corrected chi connectivity index (χ2v) is 6.66. The third-order valence-corrected chi connectivity index (χ3v) is 5.27. The second-order valence-electron chi connectivity index (χ2n) is 3.85. The van der Waals surface area contributed by atoms with E-state index in [2.05, 4.69) is 14.4 Å². The Morgan fingerprint density at radius 3 is 2.83 bits per heavy atom. The van der Waals surface area contributed by atoms with Gasteiger partial charge in [-0.05, 0) is 5.92 Å². The molecule has 8 heteroatoms. The number of nitrogens with zero attached hydrogens (tertiary/aromatic N) is 1. The van der Waals surface area contributed by atoms with Gasteiger partial charge in [0.2, 0.25) is 0 Å². The van der Waals surface area contributed by atoms with Gasteiger partial charge in [0.15, 0.2) is 9.90 Å². The maximum atomic E-state index is 12.0. The lowest BCUT2D eigenvalue weighted by Crippen LogP contribution is -2.29. The van der Waals surface area contributed by atoms with E-state index in [1.54, 1.807) is 0 Å². The summed E-state index contributed by atoms with van der Waals surface area (Å²) in [6, 6.07) is 0. The molecule has 0 fully saturated rings. The van der Waals surface area contributed by atoms with Crippen molar-refractivity contribution >= 4 is 27.3 Å². The Hall–Kier alpha value is -0.990. The fraction of sp³-hybridized carbons (Fsp3) is 0.600. The number of ether oxygens (including phenoxy) is 1. The molecule has 1 heterocycles. The molecule has 1 atom stereocenters. The fourth-order valence-electron chi connectivity index (χ4n) is 1.12. The molecule has 0 spiro atoms. The molecule has 0 aromatic carbocycles. The minimum absolute atomic E-state index is 0.0994. The van der Waals surface area contributed by atoms with E-state index in [-0.39, 0.29) is 15.8 Å². The summed E-state index contributed by atoms with van der Waals surface area (Å²) in [5, 5.41) is 0. The van der Waals surface area contributed by atoms with Crippen LogP contribution in [0.5, 0.6) is 0 Å². The van der Waals surface area contributed by atoms with E-state index in [4.69, 9.17) is 0 Å². The summed E-state index contributed by atoms with van der Waals surface area (Å²) in [6.45, 7) is 4.25. The molecule has 0 radical (unpaired) electrons. The van der Waals surface area contributed by atoms with E-state index in [1.165, 1.54) is 12.6 Å². The maximum Gasteiger partial charge on any atom is 0.358 e. The molecule has 1 rings (SSSR count). The van der Waals surface area contributed by atoms with Crippen molar-refractivity contribution in [2.75, 3.05) is 13.7 Å². The quantitative estimate of drug-likeness (QED) is 0.798. The Morgan fingerprint density at radius 1 is 1.61 bits per heavy atom. The molecular formula is C10H16N2O4S2. The number of sulfonamides is 1. The molecule has 0 aliphatic carbocycles. The zero-order valence-corrected chi connectivity index (χ0v) is 12.1. The van der Waals surface area contributed by atoms with Crippen LogP contribution in [0.1, 0.15) is 30.8 Å². The van der Waals surface area contributed by atoms with Gasteiger partial charge in [0.1, 0.15) is 0 Å². The number of rotatable bonds is 6. The van der Waals surface area contributed by atoms with E-state index < -0.39 is 16.0 Å². The van der Waals surface area contributed by atoms with Crippen molar-refractivity contribution in [1.29, 1.82) is 0 Å². The van der Waals surface area contributed by atoms with Gasteiger partial charge in [0.05, 0.1) is 12.6 Å². The van der Waals surface area contributed by atoms with Crippen LogP contribution in [0.25, 0.3) is 0 Å². The van der Waals surface area contributed by atoms with Gasteiger partial charge in [-0.1, -0.05) is 20.3 Å². The van der Waals surface area contributed by atoms with Crippen LogP contribution in [0.4, 0.5) is 0 Å². The Labute approximate surface area is 110 Å². The molecule has 18 heavy (non-hydrogen) atoms. The van der Waals surface area contributed by atoms with Crippen LogP contribution in [-0.2, 0) is 14.8 Å². The first-order chi connectivity index (χ1) is 8.42. The lowest BCUT2D eigenvalue weighted by atomic mass is 10.1. The highest BCUT2D eigenvalue weighted by atomic mass is 32.2. The highest BCUT2D eigenvalue weighted by Gasteiger charge is 2.26. The van der Waals surface area contributed by atoms with Crippen molar-refractivity contribution in [1.82, 2.24) is 9.71 Å². The Kier molecular flexibility index (Phi) is 5.24. The van der Waals surface area contributed by atoms with Crippen molar-refractivity contribution in [3.63, 3.8) is 0 Å². The number of nitrogens with one attached hydrogen (secondary N) is 1. The summed E-state index contributed by atoms with van der Waals surface area (Å²) in [7, 11) is -2.52. The molecule has 0 bridgehead atoms. The number of thiazole rings is 1. The van der Waals surface area contributed by atoms with Crippen LogP contribution in [0.15, 0.2) is 9.72 Å². The number of carbonyl (C=O) groups is 1. The molecule has 1 aromatic rings. The summed E-state index contributed by atoms with van der Waals surface area (Å²) in [4.78, 5) is 15.1. The zero-order chi connectivity index (χ0) is 13.8. The largest absolute Gasteiger partial charge is 0.464 e. The first kappa shape index (κ1) is 15.1. The van der Waals surface area contributed by atoms with Crippen LogP contribution in [0.2, 0.25) is 0 Å². The Bertz CT molecular complexity index is 510. The van der Waals surface area contributed by atoms with Gasteiger partial charge < -0.3 is 4.74 Å². The molecule has 1 unspecified atom stereocenters. The van der Waals surface area contributed by atoms with E-state index in [0.717, 1.165) is 17.8 Å². The minimum Gasteiger partial charge on any atom is -0.464 e. The van der Waals surface area contributed by atoms with E-state index in [0.29, 0.717) is 6.54 Å². The highest BCUT2D eigenvalue weighted by Crippen LogP contribution is 2.20. The summed E-state index contributed by atoms with van der Waals surface area (Å²) in [5.41, 5.74) is 1.14. The van der Waals surface area contributed by atoms with Gasteiger partial charge >= 0.3 is 5.97 Å². The van der Waals surface area contributed by atoms with Crippen molar-refractivity contribution in [3.8, 4) is 0 Å². The topological polar surface area (TPSA) is 85.4 Å². The SMILES string of the molecule is CCC(C)CNS(=O)(=O)c1scnc1C(=O)OC. The number of aromatic nitrogens is 1. The molecule has 1 N–H and O–H groups in total. The Balaban J connectivity index is 2.92. The smallest absolute Gasteiger partial charge is 0.358 e. The predicted octanol–water partition coefficient (Wildman–Crippen LogP) is 1.25. The zero-order valence-electron chi connectivity index (χ0n) is 10.5. The van der Waals surface area contributed by atoms with Crippen molar-refractivity contribution in [3.05, 3.63) is 11.2 Å². The van der Waals surface area contributed by atoms with Crippen molar-refractivity contribution in [2.24, 2.45) is 5.92 Å². The lowest BCUT2D eigenvalue weighted by Gasteiger charge is -2.10. The molecule has 102 valence electrons. The van der Waals surface area contributed by atoms with Gasteiger partial charge in [-0.2, -0.15) is 0 Å². The van der Waals surface area contributed by atoms with Crippen LogP contribution in [0, 0.1) is 5.92 Å². The van der Waals surface area contributed by atoms with E-state index in [1.807, 2.05) is 13.8 Å². The maximum absolute atomic E-state index is 12.0. The molecule has 6 nitrogen and oxygen atoms in total. The average molecular weight is 292 g/mol. The third-order valence-electron chi connectivity index (χ3n) is 2.48. The number of hydrogen-bond acceptors (Lipinski definition) is 6. The monoisotopic (exact) mass is 292 g/mol.